The van der Waals surface area contributed by atoms with Gasteiger partial charge in [-0.25, -0.2) is 0 Å². The molecule has 0 radical (unpaired) electrons. The van der Waals surface area contributed by atoms with Gasteiger partial charge in [-0.15, -0.1) is 11.3 Å². The number of amides is 2. The zero-order valence-electron chi connectivity index (χ0n) is 20.5. The minimum atomic E-state index is -0.349. The molecule has 2 amide bonds. The molecule has 4 heterocycles. The van der Waals surface area contributed by atoms with Gasteiger partial charge in [-0.1, -0.05) is 44.5 Å². The van der Waals surface area contributed by atoms with Crippen molar-refractivity contribution in [2.75, 3.05) is 32.7 Å². The second-order valence-corrected chi connectivity index (χ2v) is 11.5. The van der Waals surface area contributed by atoms with Crippen molar-refractivity contribution in [3.8, 4) is 0 Å². The molecule has 2 aromatic rings. The quantitative estimate of drug-likeness (QED) is 0.595. The molecule has 0 aliphatic carbocycles. The Labute approximate surface area is 207 Å². The summed E-state index contributed by atoms with van der Waals surface area (Å²) in [7, 11) is 0. The van der Waals surface area contributed by atoms with Gasteiger partial charge in [0.2, 0.25) is 5.91 Å². The van der Waals surface area contributed by atoms with Gasteiger partial charge in [0.05, 0.1) is 12.0 Å². The van der Waals surface area contributed by atoms with E-state index in [1.165, 1.54) is 32.4 Å². The summed E-state index contributed by atoms with van der Waals surface area (Å²) < 4.78 is 0. The maximum absolute atomic E-state index is 14.2. The number of hydrogen-bond donors (Lipinski definition) is 0. The molecule has 34 heavy (non-hydrogen) atoms. The molecule has 0 bridgehead atoms. The Hall–Kier alpha value is -2.18. The lowest BCUT2D eigenvalue weighted by molar-refractivity contribution is -0.136. The van der Waals surface area contributed by atoms with Crippen LogP contribution in [0, 0.1) is 5.92 Å². The van der Waals surface area contributed by atoms with Crippen molar-refractivity contribution < 1.29 is 9.59 Å². The van der Waals surface area contributed by atoms with Crippen molar-refractivity contribution >= 4 is 23.2 Å². The second kappa shape index (κ2) is 10.2. The summed E-state index contributed by atoms with van der Waals surface area (Å²) in [6, 6.07) is 12.3. The molecule has 0 saturated carbocycles. The van der Waals surface area contributed by atoms with E-state index in [2.05, 4.69) is 35.1 Å². The van der Waals surface area contributed by atoms with Crippen LogP contribution >= 0.6 is 11.3 Å². The van der Waals surface area contributed by atoms with Crippen LogP contribution in [-0.4, -0.2) is 65.3 Å². The van der Waals surface area contributed by atoms with Crippen molar-refractivity contribution in [3.63, 3.8) is 0 Å². The maximum atomic E-state index is 14.2. The van der Waals surface area contributed by atoms with E-state index >= 15 is 0 Å². The molecule has 0 N–H and O–H groups in total. The first kappa shape index (κ1) is 23.6. The maximum Gasteiger partial charge on any atom is 0.254 e. The van der Waals surface area contributed by atoms with Crippen molar-refractivity contribution in [1.29, 1.82) is 0 Å². The Morgan fingerprint density at radius 1 is 1.00 bits per heavy atom. The van der Waals surface area contributed by atoms with E-state index in [1.54, 1.807) is 11.3 Å². The molecule has 5 rings (SSSR count). The molecule has 0 spiro atoms. The van der Waals surface area contributed by atoms with E-state index in [-0.39, 0.29) is 23.8 Å². The smallest absolute Gasteiger partial charge is 0.254 e. The Morgan fingerprint density at radius 3 is 2.41 bits per heavy atom. The first-order valence-electron chi connectivity index (χ1n) is 13.0. The van der Waals surface area contributed by atoms with E-state index in [0.717, 1.165) is 36.4 Å². The third-order valence-corrected chi connectivity index (χ3v) is 8.73. The van der Waals surface area contributed by atoms with E-state index in [0.29, 0.717) is 24.1 Å². The fourth-order valence-electron chi connectivity index (χ4n) is 6.16. The molecule has 2 fully saturated rings. The lowest BCUT2D eigenvalue weighted by Gasteiger charge is -2.45. The fourth-order valence-corrected chi connectivity index (χ4v) is 7.04. The molecular weight excluding hydrogens is 442 g/mol. The predicted octanol–water partition coefficient (Wildman–Crippen LogP) is 5.16. The van der Waals surface area contributed by atoms with Crippen LogP contribution in [-0.2, 0) is 4.79 Å². The number of thiophene rings is 1. The summed E-state index contributed by atoms with van der Waals surface area (Å²) in [5.74, 6) is 0.213. The molecule has 2 saturated heterocycles. The molecule has 1 aromatic carbocycles. The monoisotopic (exact) mass is 479 g/mol. The fraction of sp³-hybridized carbons (Fsp3) is 0.571. The zero-order chi connectivity index (χ0) is 23.7. The second-order valence-electron chi connectivity index (χ2n) is 10.5. The number of hydrogen-bond acceptors (Lipinski definition) is 4. The molecule has 5 nitrogen and oxygen atoms in total. The number of carbonyl (C=O) groups is 2. The topological polar surface area (TPSA) is 43.9 Å². The summed E-state index contributed by atoms with van der Waals surface area (Å²) in [6.07, 6.45) is 6.07. The molecule has 0 unspecified atom stereocenters. The zero-order valence-corrected chi connectivity index (χ0v) is 21.3. The number of fused-ring (bicyclic) bond motifs is 1. The highest BCUT2D eigenvalue weighted by molar-refractivity contribution is 7.10. The van der Waals surface area contributed by atoms with Crippen molar-refractivity contribution in [3.05, 3.63) is 57.8 Å². The first-order chi connectivity index (χ1) is 16.5. The molecule has 2 atom stereocenters. The number of benzene rings is 1. The van der Waals surface area contributed by atoms with Gasteiger partial charge < -0.3 is 14.7 Å². The van der Waals surface area contributed by atoms with Gasteiger partial charge in [-0.2, -0.15) is 0 Å². The average molecular weight is 480 g/mol. The van der Waals surface area contributed by atoms with Gasteiger partial charge in [-0.3, -0.25) is 9.59 Å². The summed E-state index contributed by atoms with van der Waals surface area (Å²) >= 11 is 1.65. The largest absolute Gasteiger partial charge is 0.342 e. The Bertz CT molecular complexity index is 991. The van der Waals surface area contributed by atoms with Crippen LogP contribution in [0.15, 0.2) is 41.8 Å². The Morgan fingerprint density at radius 2 is 1.74 bits per heavy atom. The highest BCUT2D eigenvalue weighted by atomic mass is 32.1. The minimum Gasteiger partial charge on any atom is -0.342 e. The predicted molar refractivity (Wildman–Crippen MR) is 137 cm³/mol. The van der Waals surface area contributed by atoms with Gasteiger partial charge in [0, 0.05) is 36.1 Å². The summed E-state index contributed by atoms with van der Waals surface area (Å²) in [5.41, 5.74) is 1.59. The highest BCUT2D eigenvalue weighted by Crippen LogP contribution is 2.45. The minimum absolute atomic E-state index is 0.0514. The molecule has 6 heteroatoms. The molecule has 182 valence electrons. The first-order valence-corrected chi connectivity index (χ1v) is 13.9. The van der Waals surface area contributed by atoms with Crippen LogP contribution in [0.5, 0.6) is 0 Å². The van der Waals surface area contributed by atoms with Crippen LogP contribution in [0.1, 0.15) is 78.7 Å². The summed E-state index contributed by atoms with van der Waals surface area (Å²) in [6.45, 7) is 8.98. The van der Waals surface area contributed by atoms with E-state index < -0.39 is 0 Å². The van der Waals surface area contributed by atoms with Crippen molar-refractivity contribution in [1.82, 2.24) is 14.7 Å². The number of rotatable bonds is 5. The van der Waals surface area contributed by atoms with Crippen LogP contribution in [0.2, 0.25) is 0 Å². The van der Waals surface area contributed by atoms with Gasteiger partial charge in [0.1, 0.15) is 0 Å². The van der Waals surface area contributed by atoms with Crippen LogP contribution in [0.4, 0.5) is 0 Å². The lowest BCUT2D eigenvalue weighted by Crippen LogP contribution is -2.52. The van der Waals surface area contributed by atoms with Crippen LogP contribution < -0.4 is 0 Å². The van der Waals surface area contributed by atoms with Gasteiger partial charge in [-0.05, 0) is 67.8 Å². The highest BCUT2D eigenvalue weighted by Gasteiger charge is 2.46. The number of piperidine rings is 2. The van der Waals surface area contributed by atoms with Crippen LogP contribution in [0.3, 0.4) is 0 Å². The number of nitrogens with zero attached hydrogens (tertiary/aromatic N) is 3. The molecule has 3 aliphatic rings. The summed E-state index contributed by atoms with van der Waals surface area (Å²) in [4.78, 5) is 35.7. The van der Waals surface area contributed by atoms with Crippen molar-refractivity contribution in [2.45, 2.75) is 64.0 Å². The normalized spacial score (nSPS) is 24.5. The average Bonchev–Trinajstić information content (AvgIpc) is 3.40. The third kappa shape index (κ3) is 4.55. The molecule has 3 aliphatic heterocycles. The lowest BCUT2D eigenvalue weighted by atomic mass is 9.80. The van der Waals surface area contributed by atoms with Crippen molar-refractivity contribution in [2.24, 2.45) is 5.92 Å². The van der Waals surface area contributed by atoms with E-state index in [1.807, 2.05) is 35.2 Å². The van der Waals surface area contributed by atoms with Gasteiger partial charge in [0.15, 0.2) is 0 Å². The molecule has 1 aromatic heterocycles. The van der Waals surface area contributed by atoms with Crippen LogP contribution in [0.25, 0.3) is 0 Å². The summed E-state index contributed by atoms with van der Waals surface area (Å²) in [5, 5.41) is 2.06. The standard InChI is InChI=1S/C28H37N3O2S/c1-20(2)19-31-26(24-11-8-18-34-24)25(22-9-4-5-10-23(22)27(31)32)28(33)30-16-12-21(13-17-30)29-14-6-3-7-15-29/h4-5,8-11,18,20-21,25-26H,3,6-7,12-17,19H2,1-2H3/t25-,26-/m1/s1. The van der Waals surface area contributed by atoms with Gasteiger partial charge >= 0.3 is 0 Å². The Kier molecular flexibility index (Phi) is 7.07. The Balaban J connectivity index is 1.44. The number of likely N-dealkylation sites (tertiary alicyclic amines) is 2. The van der Waals surface area contributed by atoms with Gasteiger partial charge in [0.25, 0.3) is 5.91 Å². The molecular formula is C28H37N3O2S. The van der Waals surface area contributed by atoms with E-state index in [9.17, 15) is 9.59 Å². The van der Waals surface area contributed by atoms with E-state index in [4.69, 9.17) is 0 Å². The SMILES string of the molecule is CC(C)CN1C(=O)c2ccccc2[C@@H](C(=O)N2CCC(N3CCCCC3)CC2)[C@H]1c1cccs1. The number of carbonyl (C=O) groups excluding carboxylic acids is 2. The third-order valence-electron chi connectivity index (χ3n) is 7.78.